The molecule has 1 heterocycles. The molecule has 1 amide bonds. The van der Waals surface area contributed by atoms with Gasteiger partial charge in [-0.25, -0.2) is 4.79 Å². The van der Waals surface area contributed by atoms with Gasteiger partial charge in [0.15, 0.2) is 0 Å². The molecule has 0 aliphatic heterocycles. The Morgan fingerprint density at radius 3 is 2.12 bits per heavy atom. The van der Waals surface area contributed by atoms with Crippen LogP contribution in [-0.2, 0) is 4.74 Å². The molecule has 0 spiro atoms. The lowest BCUT2D eigenvalue weighted by atomic mass is 10.3. The fraction of sp³-hybridized carbons (Fsp3) is 0.375. The summed E-state index contributed by atoms with van der Waals surface area (Å²) in [7, 11) is 7.32. The summed E-state index contributed by atoms with van der Waals surface area (Å²) in [6.45, 7) is 0.199. The van der Waals surface area contributed by atoms with Gasteiger partial charge >= 0.3 is 12.1 Å². The summed E-state index contributed by atoms with van der Waals surface area (Å²) >= 11 is 0. The summed E-state index contributed by atoms with van der Waals surface area (Å²) in [6, 6.07) is 9.23. The summed E-state index contributed by atoms with van der Waals surface area (Å²) in [4.78, 5) is 27.9. The first-order valence-corrected chi connectivity index (χ1v) is 7.68. The number of aromatic nitrogens is 3. The number of benzene rings is 1. The molecule has 1 N–H and O–H groups in total. The van der Waals surface area contributed by atoms with E-state index in [1.54, 1.807) is 21.9 Å². The molecule has 0 saturated carbocycles. The van der Waals surface area contributed by atoms with Crippen molar-refractivity contribution in [2.75, 3.05) is 56.5 Å². The van der Waals surface area contributed by atoms with E-state index < -0.39 is 6.09 Å². The van der Waals surface area contributed by atoms with Crippen molar-refractivity contribution in [1.82, 2.24) is 15.0 Å². The van der Waals surface area contributed by atoms with Gasteiger partial charge in [0.25, 0.3) is 0 Å². The van der Waals surface area contributed by atoms with E-state index in [1.807, 2.05) is 46.4 Å². The lowest BCUT2D eigenvalue weighted by molar-refractivity contribution is 0.134. The first-order valence-electron chi connectivity index (χ1n) is 7.68. The van der Waals surface area contributed by atoms with Crippen LogP contribution in [0.2, 0.25) is 0 Å². The van der Waals surface area contributed by atoms with E-state index >= 15 is 0 Å². The summed E-state index contributed by atoms with van der Waals surface area (Å²) in [5, 5.41) is 2.62. The van der Waals surface area contributed by atoms with Crippen molar-refractivity contribution in [3.8, 4) is 6.01 Å². The van der Waals surface area contributed by atoms with Crippen molar-refractivity contribution in [1.29, 1.82) is 0 Å². The Bertz CT molecular complexity index is 667. The maximum atomic E-state index is 11.7. The van der Waals surface area contributed by atoms with Crippen molar-refractivity contribution in [3.63, 3.8) is 0 Å². The lowest BCUT2D eigenvalue weighted by Crippen LogP contribution is -2.21. The minimum Gasteiger partial charge on any atom is -0.460 e. The van der Waals surface area contributed by atoms with Gasteiger partial charge in [0.2, 0.25) is 11.9 Å². The van der Waals surface area contributed by atoms with Crippen LogP contribution >= 0.6 is 0 Å². The third-order valence-corrected chi connectivity index (χ3v) is 2.96. The van der Waals surface area contributed by atoms with Gasteiger partial charge in [-0.3, -0.25) is 5.32 Å². The Hall–Kier alpha value is -3.10. The summed E-state index contributed by atoms with van der Waals surface area (Å²) in [5.74, 6) is 0.966. The average molecular weight is 346 g/mol. The van der Waals surface area contributed by atoms with E-state index in [9.17, 15) is 4.79 Å². The number of hydrogen-bond donors (Lipinski definition) is 1. The van der Waals surface area contributed by atoms with Crippen molar-refractivity contribution < 1.29 is 14.3 Å². The Morgan fingerprint density at radius 2 is 1.56 bits per heavy atom. The molecule has 9 nitrogen and oxygen atoms in total. The van der Waals surface area contributed by atoms with Gasteiger partial charge in [-0.15, -0.1) is 0 Å². The molecule has 0 unspecified atom stereocenters. The van der Waals surface area contributed by atoms with Gasteiger partial charge in [0.05, 0.1) is 0 Å². The van der Waals surface area contributed by atoms with Gasteiger partial charge in [0.1, 0.15) is 13.2 Å². The average Bonchev–Trinajstić information content (AvgIpc) is 2.59. The van der Waals surface area contributed by atoms with Crippen LogP contribution in [0.3, 0.4) is 0 Å². The number of nitrogens with zero attached hydrogens (tertiary/aromatic N) is 5. The molecule has 0 aliphatic rings. The van der Waals surface area contributed by atoms with E-state index in [-0.39, 0.29) is 19.2 Å². The summed E-state index contributed by atoms with van der Waals surface area (Å²) in [5.41, 5.74) is 0.664. The number of carbonyl (C=O) groups excluding carboxylic acids is 1. The molecular weight excluding hydrogens is 324 g/mol. The molecule has 1 aromatic heterocycles. The molecule has 9 heteroatoms. The molecular formula is C16H22N6O3. The summed E-state index contributed by atoms with van der Waals surface area (Å²) < 4.78 is 10.5. The van der Waals surface area contributed by atoms with Crippen molar-refractivity contribution in [2.24, 2.45) is 0 Å². The molecule has 2 aromatic rings. The molecule has 0 fully saturated rings. The van der Waals surface area contributed by atoms with Gasteiger partial charge in [-0.05, 0) is 12.1 Å². The topological polar surface area (TPSA) is 92.7 Å². The maximum Gasteiger partial charge on any atom is 0.411 e. The molecule has 0 aliphatic carbocycles. The van der Waals surface area contributed by atoms with Crippen LogP contribution in [0.4, 0.5) is 22.4 Å². The fourth-order valence-electron chi connectivity index (χ4n) is 1.74. The zero-order valence-electron chi connectivity index (χ0n) is 14.8. The molecule has 0 radical (unpaired) electrons. The van der Waals surface area contributed by atoms with E-state index in [4.69, 9.17) is 9.47 Å². The monoisotopic (exact) mass is 346 g/mol. The van der Waals surface area contributed by atoms with Crippen LogP contribution in [0.25, 0.3) is 0 Å². The fourth-order valence-corrected chi connectivity index (χ4v) is 1.74. The minimum absolute atomic E-state index is 0.0684. The highest BCUT2D eigenvalue weighted by molar-refractivity contribution is 5.84. The Balaban J connectivity index is 1.84. The standard InChI is InChI=1S/C16H22N6O3/c1-21(2)13-18-14(22(3)4)20-15(19-13)24-10-11-25-16(23)17-12-8-6-5-7-9-12/h5-9H,10-11H2,1-4H3,(H,17,23). The van der Waals surface area contributed by atoms with Crippen molar-refractivity contribution in [2.45, 2.75) is 0 Å². The Morgan fingerprint density at radius 1 is 0.960 bits per heavy atom. The zero-order valence-corrected chi connectivity index (χ0v) is 14.8. The number of para-hydroxylation sites is 1. The Kier molecular flexibility index (Phi) is 6.33. The lowest BCUT2D eigenvalue weighted by Gasteiger charge is -2.16. The van der Waals surface area contributed by atoms with Gasteiger partial charge in [0, 0.05) is 33.9 Å². The normalized spacial score (nSPS) is 10.1. The minimum atomic E-state index is -0.548. The second-order valence-corrected chi connectivity index (χ2v) is 5.48. The predicted molar refractivity (Wildman–Crippen MR) is 95.4 cm³/mol. The smallest absolute Gasteiger partial charge is 0.411 e. The molecule has 2 rings (SSSR count). The third-order valence-electron chi connectivity index (χ3n) is 2.96. The quantitative estimate of drug-likeness (QED) is 0.756. The summed E-state index contributed by atoms with van der Waals surface area (Å²) in [6.07, 6.45) is -0.548. The van der Waals surface area contributed by atoms with Crippen LogP contribution in [0.15, 0.2) is 30.3 Å². The Labute approximate surface area is 146 Å². The van der Waals surface area contributed by atoms with Crippen molar-refractivity contribution >= 4 is 23.7 Å². The van der Waals surface area contributed by atoms with Crippen LogP contribution < -0.4 is 19.9 Å². The molecule has 1 aromatic carbocycles. The third kappa shape index (κ3) is 5.79. The van der Waals surface area contributed by atoms with Crippen LogP contribution in [0.5, 0.6) is 6.01 Å². The van der Waals surface area contributed by atoms with E-state index in [0.717, 1.165) is 0 Å². The molecule has 134 valence electrons. The number of rotatable bonds is 7. The van der Waals surface area contributed by atoms with Crippen LogP contribution in [0, 0.1) is 0 Å². The first-order chi connectivity index (χ1) is 12.0. The highest BCUT2D eigenvalue weighted by Crippen LogP contribution is 2.14. The highest BCUT2D eigenvalue weighted by atomic mass is 16.6. The first kappa shape index (κ1) is 18.2. The highest BCUT2D eigenvalue weighted by Gasteiger charge is 2.11. The maximum absolute atomic E-state index is 11.7. The number of carbonyl (C=O) groups is 1. The van der Waals surface area contributed by atoms with Gasteiger partial charge in [-0.1, -0.05) is 18.2 Å². The SMILES string of the molecule is CN(C)c1nc(OCCOC(=O)Nc2ccccc2)nc(N(C)C)n1. The molecule has 0 atom stereocenters. The second-order valence-electron chi connectivity index (χ2n) is 5.48. The van der Waals surface area contributed by atoms with Gasteiger partial charge in [-0.2, -0.15) is 15.0 Å². The zero-order chi connectivity index (χ0) is 18.2. The van der Waals surface area contributed by atoms with E-state index in [1.165, 1.54) is 0 Å². The number of anilines is 3. The van der Waals surface area contributed by atoms with Crippen molar-refractivity contribution in [3.05, 3.63) is 30.3 Å². The number of ether oxygens (including phenoxy) is 2. The molecule has 0 bridgehead atoms. The number of hydrogen-bond acceptors (Lipinski definition) is 8. The molecule has 25 heavy (non-hydrogen) atoms. The number of amides is 1. The van der Waals surface area contributed by atoms with Gasteiger partial charge < -0.3 is 19.3 Å². The largest absolute Gasteiger partial charge is 0.460 e. The molecule has 0 saturated heterocycles. The predicted octanol–water partition coefficient (Wildman–Crippen LogP) is 1.63. The van der Waals surface area contributed by atoms with E-state index in [2.05, 4.69) is 20.3 Å². The van der Waals surface area contributed by atoms with Crippen LogP contribution in [-0.4, -0.2) is 62.4 Å². The second kappa shape index (κ2) is 8.67. The van der Waals surface area contributed by atoms with E-state index in [0.29, 0.717) is 17.6 Å². The number of nitrogens with one attached hydrogen (secondary N) is 1. The van der Waals surface area contributed by atoms with Crippen LogP contribution in [0.1, 0.15) is 0 Å².